The zero-order valence-electron chi connectivity index (χ0n) is 12.0. The molecule has 0 saturated carbocycles. The Labute approximate surface area is 136 Å². The number of nitrogen functional groups attached to an aromatic ring is 1. The number of ether oxygens (including phenoxy) is 1. The second kappa shape index (κ2) is 6.50. The van der Waals surface area contributed by atoms with Gasteiger partial charge in [0.2, 0.25) is 0 Å². The van der Waals surface area contributed by atoms with Crippen molar-refractivity contribution in [3.8, 4) is 5.75 Å². The molecular formula is C16H13ClN4O2. The second-order valence-corrected chi connectivity index (χ2v) is 5.21. The predicted molar refractivity (Wildman–Crippen MR) is 89.2 cm³/mol. The van der Waals surface area contributed by atoms with E-state index in [9.17, 15) is 4.79 Å². The Hall–Kier alpha value is -2.86. The van der Waals surface area contributed by atoms with Gasteiger partial charge in [-0.25, -0.2) is 0 Å². The molecule has 0 radical (unpaired) electrons. The van der Waals surface area contributed by atoms with E-state index in [-0.39, 0.29) is 6.61 Å². The molecule has 1 aromatic heterocycles. The topological polar surface area (TPSA) is 92.8 Å². The van der Waals surface area contributed by atoms with Crippen molar-refractivity contribution in [2.75, 3.05) is 12.3 Å². The zero-order chi connectivity index (χ0) is 16.2. The summed E-state index contributed by atoms with van der Waals surface area (Å²) in [4.78, 5) is 14.6. The van der Waals surface area contributed by atoms with Crippen LogP contribution < -0.4 is 10.5 Å². The van der Waals surface area contributed by atoms with E-state index >= 15 is 0 Å². The van der Waals surface area contributed by atoms with Gasteiger partial charge in [-0.3, -0.25) is 4.79 Å². The number of H-pyrrole nitrogens is 1. The molecule has 3 N–H and O–H groups in total. The number of amides is 1. The Balaban J connectivity index is 1.67. The number of fused-ring (bicyclic) bond motifs is 1. The molecule has 0 unspecified atom stereocenters. The SMILES string of the molecule is Nc1[nH]c(N=NC(=O)COc2ccc(Cl)cc2)c2ccccc12. The number of aromatic amines is 1. The Morgan fingerprint density at radius 2 is 1.83 bits per heavy atom. The molecule has 0 aliphatic carbocycles. The minimum Gasteiger partial charge on any atom is -0.484 e. The van der Waals surface area contributed by atoms with Crippen molar-refractivity contribution in [3.63, 3.8) is 0 Å². The molecule has 6 nitrogen and oxygen atoms in total. The number of hydrogen-bond acceptors (Lipinski definition) is 4. The van der Waals surface area contributed by atoms with Crippen molar-refractivity contribution in [1.29, 1.82) is 0 Å². The number of nitrogens with zero attached hydrogens (tertiary/aromatic N) is 2. The molecule has 7 heteroatoms. The highest BCUT2D eigenvalue weighted by Gasteiger charge is 2.07. The average molecular weight is 329 g/mol. The molecule has 0 spiro atoms. The van der Waals surface area contributed by atoms with Crippen LogP contribution in [0.25, 0.3) is 10.8 Å². The summed E-state index contributed by atoms with van der Waals surface area (Å²) in [6, 6.07) is 14.2. The number of aromatic nitrogens is 1. The Morgan fingerprint density at radius 1 is 1.13 bits per heavy atom. The molecule has 0 aliphatic heterocycles. The van der Waals surface area contributed by atoms with Crippen molar-refractivity contribution < 1.29 is 9.53 Å². The maximum absolute atomic E-state index is 11.7. The molecule has 23 heavy (non-hydrogen) atoms. The third-order valence-corrected chi connectivity index (χ3v) is 3.41. The van der Waals surface area contributed by atoms with Crippen LogP contribution in [-0.2, 0) is 4.79 Å². The number of halogens is 1. The van der Waals surface area contributed by atoms with Crippen molar-refractivity contribution in [2.45, 2.75) is 0 Å². The van der Waals surface area contributed by atoms with Crippen LogP contribution in [0, 0.1) is 0 Å². The lowest BCUT2D eigenvalue weighted by atomic mass is 10.2. The number of rotatable bonds is 4. The van der Waals surface area contributed by atoms with Crippen LogP contribution in [-0.4, -0.2) is 17.5 Å². The summed E-state index contributed by atoms with van der Waals surface area (Å²) in [5.74, 6) is 0.960. The van der Waals surface area contributed by atoms with E-state index in [2.05, 4.69) is 15.2 Å². The lowest BCUT2D eigenvalue weighted by Gasteiger charge is -2.02. The molecule has 3 aromatic rings. The number of benzene rings is 2. The molecule has 2 aromatic carbocycles. The minimum atomic E-state index is -0.503. The third kappa shape index (κ3) is 3.49. The number of hydrogen-bond donors (Lipinski definition) is 2. The van der Waals surface area contributed by atoms with Crippen molar-refractivity contribution in [2.24, 2.45) is 10.2 Å². The second-order valence-electron chi connectivity index (χ2n) is 4.77. The maximum atomic E-state index is 11.7. The van der Waals surface area contributed by atoms with Gasteiger partial charge in [-0.15, -0.1) is 10.2 Å². The highest BCUT2D eigenvalue weighted by Crippen LogP contribution is 2.30. The van der Waals surface area contributed by atoms with Gasteiger partial charge in [-0.2, -0.15) is 0 Å². The van der Waals surface area contributed by atoms with Crippen LogP contribution in [0.15, 0.2) is 58.8 Å². The van der Waals surface area contributed by atoms with E-state index in [1.165, 1.54) is 0 Å². The molecule has 116 valence electrons. The van der Waals surface area contributed by atoms with Gasteiger partial charge in [0, 0.05) is 15.8 Å². The number of carbonyl (C=O) groups is 1. The Morgan fingerprint density at radius 3 is 2.57 bits per heavy atom. The van der Waals surface area contributed by atoms with Gasteiger partial charge in [-0.1, -0.05) is 35.9 Å². The molecule has 0 atom stereocenters. The maximum Gasteiger partial charge on any atom is 0.302 e. The molecule has 3 rings (SSSR count). The van der Waals surface area contributed by atoms with Crippen LogP contribution >= 0.6 is 11.6 Å². The normalized spacial score (nSPS) is 11.2. The zero-order valence-corrected chi connectivity index (χ0v) is 12.7. The molecule has 0 saturated heterocycles. The van der Waals surface area contributed by atoms with Crippen LogP contribution in [0.4, 0.5) is 11.6 Å². The summed E-state index contributed by atoms with van der Waals surface area (Å²) in [5.41, 5.74) is 5.85. The lowest BCUT2D eigenvalue weighted by molar-refractivity contribution is -0.120. The first-order valence-electron chi connectivity index (χ1n) is 6.82. The first kappa shape index (κ1) is 15.1. The van der Waals surface area contributed by atoms with Crippen molar-refractivity contribution >= 4 is 39.9 Å². The average Bonchev–Trinajstić information content (AvgIpc) is 2.89. The van der Waals surface area contributed by atoms with Crippen LogP contribution in [0.3, 0.4) is 0 Å². The molecule has 0 aliphatic rings. The molecular weight excluding hydrogens is 316 g/mol. The lowest BCUT2D eigenvalue weighted by Crippen LogP contribution is -2.07. The van der Waals surface area contributed by atoms with Gasteiger partial charge in [0.1, 0.15) is 11.6 Å². The smallest absolute Gasteiger partial charge is 0.302 e. The highest BCUT2D eigenvalue weighted by atomic mass is 35.5. The summed E-state index contributed by atoms with van der Waals surface area (Å²) >= 11 is 5.77. The number of anilines is 1. The molecule has 1 amide bonds. The third-order valence-electron chi connectivity index (χ3n) is 3.16. The van der Waals surface area contributed by atoms with E-state index in [1.807, 2.05) is 24.3 Å². The molecule has 1 heterocycles. The van der Waals surface area contributed by atoms with Crippen LogP contribution in [0.5, 0.6) is 5.75 Å². The summed E-state index contributed by atoms with van der Waals surface area (Å²) in [7, 11) is 0. The van der Waals surface area contributed by atoms with Crippen LogP contribution in [0.1, 0.15) is 0 Å². The quantitative estimate of drug-likeness (QED) is 0.706. The van der Waals surface area contributed by atoms with E-state index < -0.39 is 5.91 Å². The summed E-state index contributed by atoms with van der Waals surface area (Å²) in [6.45, 7) is -0.209. The molecule has 0 fully saturated rings. The predicted octanol–water partition coefficient (Wildman–Crippen LogP) is 4.09. The summed E-state index contributed by atoms with van der Waals surface area (Å²) in [5, 5.41) is 9.80. The van der Waals surface area contributed by atoms with Gasteiger partial charge in [0.05, 0.1) is 0 Å². The number of azo groups is 1. The van der Waals surface area contributed by atoms with Crippen molar-refractivity contribution in [1.82, 2.24) is 4.98 Å². The van der Waals surface area contributed by atoms with Gasteiger partial charge >= 0.3 is 5.91 Å². The van der Waals surface area contributed by atoms with E-state index in [0.29, 0.717) is 22.4 Å². The minimum absolute atomic E-state index is 0.209. The standard InChI is InChI=1S/C16H13ClN4O2/c17-10-5-7-11(8-6-10)23-9-14(22)20-21-16-13-4-2-1-3-12(13)15(18)19-16/h1-8,19H,9,18H2. The van der Waals surface area contributed by atoms with Crippen LogP contribution in [0.2, 0.25) is 5.02 Å². The largest absolute Gasteiger partial charge is 0.484 e. The summed E-state index contributed by atoms with van der Waals surface area (Å²) < 4.78 is 5.31. The Kier molecular flexibility index (Phi) is 4.25. The Bertz CT molecular complexity index is 871. The summed E-state index contributed by atoms with van der Waals surface area (Å²) in [6.07, 6.45) is 0. The first-order chi connectivity index (χ1) is 11.1. The number of nitrogens with two attached hydrogens (primary N) is 1. The van der Waals surface area contributed by atoms with Gasteiger partial charge in [0.25, 0.3) is 0 Å². The fraction of sp³-hybridized carbons (Fsp3) is 0.0625. The van der Waals surface area contributed by atoms with E-state index in [0.717, 1.165) is 10.8 Å². The molecule has 0 bridgehead atoms. The van der Waals surface area contributed by atoms with Gasteiger partial charge in [0.15, 0.2) is 12.4 Å². The van der Waals surface area contributed by atoms with Gasteiger partial charge < -0.3 is 15.5 Å². The van der Waals surface area contributed by atoms with E-state index in [4.69, 9.17) is 22.1 Å². The van der Waals surface area contributed by atoms with E-state index in [1.54, 1.807) is 24.3 Å². The fourth-order valence-corrected chi connectivity index (χ4v) is 2.20. The number of nitrogens with one attached hydrogen (secondary N) is 1. The highest BCUT2D eigenvalue weighted by molar-refractivity contribution is 6.30. The number of carbonyl (C=O) groups excluding carboxylic acids is 1. The first-order valence-corrected chi connectivity index (χ1v) is 7.20. The van der Waals surface area contributed by atoms with Crippen molar-refractivity contribution in [3.05, 3.63) is 53.6 Å². The monoisotopic (exact) mass is 328 g/mol. The van der Waals surface area contributed by atoms with Gasteiger partial charge in [-0.05, 0) is 24.3 Å². The fourth-order valence-electron chi connectivity index (χ4n) is 2.08.